The summed E-state index contributed by atoms with van der Waals surface area (Å²) in [7, 11) is 0. The molecule has 0 aliphatic rings. The Labute approximate surface area is 122 Å². The second kappa shape index (κ2) is 5.17. The number of Topliss-reactive ketones (excluding diaryl/α,β-unsaturated/α-hetero) is 1. The molecule has 0 radical (unpaired) electrons. The van der Waals surface area contributed by atoms with Crippen LogP contribution in [-0.2, 0) is 6.42 Å². The number of benzene rings is 1. The van der Waals surface area contributed by atoms with Crippen LogP contribution in [0.5, 0.6) is 0 Å². The van der Waals surface area contributed by atoms with Crippen LogP contribution in [0.3, 0.4) is 0 Å². The molecule has 0 saturated carbocycles. The van der Waals surface area contributed by atoms with Crippen molar-refractivity contribution in [2.75, 3.05) is 0 Å². The molecule has 0 atom stereocenters. The second-order valence-electron chi connectivity index (χ2n) is 5.06. The molecule has 2 nitrogen and oxygen atoms in total. The van der Waals surface area contributed by atoms with Crippen molar-refractivity contribution in [2.24, 2.45) is 0 Å². The van der Waals surface area contributed by atoms with E-state index < -0.39 is 0 Å². The van der Waals surface area contributed by atoms with Crippen molar-refractivity contribution >= 4 is 27.3 Å². The number of fused-ring (bicyclic) bond motifs is 1. The van der Waals surface area contributed by atoms with E-state index in [0.29, 0.717) is 12.0 Å². The average Bonchev–Trinajstić information content (AvgIpc) is 2.90. The SMILES string of the molecule is Cc1ccc(C)c(CC(=O)c2cnc3ccsc3c2)c1. The lowest BCUT2D eigenvalue weighted by Crippen LogP contribution is -2.05. The van der Waals surface area contributed by atoms with Crippen LogP contribution in [-0.4, -0.2) is 10.8 Å². The van der Waals surface area contributed by atoms with Gasteiger partial charge in [-0.15, -0.1) is 11.3 Å². The van der Waals surface area contributed by atoms with Gasteiger partial charge in [0.05, 0.1) is 10.2 Å². The number of aryl methyl sites for hydroxylation is 2. The van der Waals surface area contributed by atoms with Gasteiger partial charge in [-0.05, 0) is 42.5 Å². The molecule has 0 amide bonds. The fourth-order valence-corrected chi connectivity index (χ4v) is 3.04. The predicted octanol–water partition coefficient (Wildman–Crippen LogP) is 4.34. The highest BCUT2D eigenvalue weighted by molar-refractivity contribution is 7.17. The van der Waals surface area contributed by atoms with Crippen molar-refractivity contribution in [1.29, 1.82) is 0 Å². The maximum absolute atomic E-state index is 12.4. The molecular formula is C17H15NOS. The number of hydrogen-bond acceptors (Lipinski definition) is 3. The lowest BCUT2D eigenvalue weighted by atomic mass is 9.98. The monoisotopic (exact) mass is 281 g/mol. The van der Waals surface area contributed by atoms with E-state index in [1.807, 2.05) is 31.4 Å². The van der Waals surface area contributed by atoms with Crippen molar-refractivity contribution < 1.29 is 4.79 Å². The topological polar surface area (TPSA) is 30.0 Å². The first kappa shape index (κ1) is 13.0. The van der Waals surface area contributed by atoms with E-state index in [0.717, 1.165) is 21.3 Å². The van der Waals surface area contributed by atoms with Gasteiger partial charge in [-0.2, -0.15) is 0 Å². The molecule has 1 aromatic carbocycles. The smallest absolute Gasteiger partial charge is 0.168 e. The Morgan fingerprint density at radius 1 is 1.20 bits per heavy atom. The zero-order chi connectivity index (χ0) is 14.1. The fraction of sp³-hybridized carbons (Fsp3) is 0.176. The highest BCUT2D eigenvalue weighted by atomic mass is 32.1. The molecule has 3 aromatic rings. The third-order valence-electron chi connectivity index (χ3n) is 3.48. The molecule has 100 valence electrons. The van der Waals surface area contributed by atoms with Crippen LogP contribution in [0.25, 0.3) is 10.2 Å². The van der Waals surface area contributed by atoms with E-state index in [9.17, 15) is 4.79 Å². The molecule has 0 aliphatic carbocycles. The molecular weight excluding hydrogens is 266 g/mol. The van der Waals surface area contributed by atoms with Crippen molar-refractivity contribution in [3.8, 4) is 0 Å². The third-order valence-corrected chi connectivity index (χ3v) is 4.33. The number of hydrogen-bond donors (Lipinski definition) is 0. The van der Waals surface area contributed by atoms with Crippen molar-refractivity contribution in [3.05, 3.63) is 64.2 Å². The Hall–Kier alpha value is -2.00. The number of carbonyl (C=O) groups excluding carboxylic acids is 1. The van der Waals surface area contributed by atoms with Crippen molar-refractivity contribution in [2.45, 2.75) is 20.3 Å². The summed E-state index contributed by atoms with van der Waals surface area (Å²) in [4.78, 5) is 16.7. The molecule has 3 heteroatoms. The highest BCUT2D eigenvalue weighted by Crippen LogP contribution is 2.21. The summed E-state index contributed by atoms with van der Waals surface area (Å²) in [5.41, 5.74) is 5.10. The van der Waals surface area contributed by atoms with Gasteiger partial charge in [-0.1, -0.05) is 23.8 Å². The lowest BCUT2D eigenvalue weighted by molar-refractivity contribution is 0.0992. The molecule has 0 aliphatic heterocycles. The first-order valence-electron chi connectivity index (χ1n) is 6.56. The maximum Gasteiger partial charge on any atom is 0.168 e. The summed E-state index contributed by atoms with van der Waals surface area (Å²) in [6, 6.07) is 10.1. The van der Waals surface area contributed by atoms with Crippen molar-refractivity contribution in [1.82, 2.24) is 4.98 Å². The number of rotatable bonds is 3. The predicted molar refractivity (Wildman–Crippen MR) is 83.6 cm³/mol. The average molecular weight is 281 g/mol. The first-order chi connectivity index (χ1) is 9.63. The number of nitrogens with zero attached hydrogens (tertiary/aromatic N) is 1. The minimum Gasteiger partial charge on any atom is -0.294 e. The quantitative estimate of drug-likeness (QED) is 0.668. The maximum atomic E-state index is 12.4. The molecule has 0 spiro atoms. The van der Waals surface area contributed by atoms with Gasteiger partial charge < -0.3 is 0 Å². The van der Waals surface area contributed by atoms with Gasteiger partial charge in [0.1, 0.15) is 0 Å². The molecule has 0 unspecified atom stereocenters. The van der Waals surface area contributed by atoms with Crippen LogP contribution in [0.2, 0.25) is 0 Å². The number of carbonyl (C=O) groups is 1. The van der Waals surface area contributed by atoms with Gasteiger partial charge in [0.25, 0.3) is 0 Å². The fourth-order valence-electron chi connectivity index (χ4n) is 2.26. The van der Waals surface area contributed by atoms with Crippen LogP contribution in [0.4, 0.5) is 0 Å². The minimum atomic E-state index is 0.126. The van der Waals surface area contributed by atoms with E-state index in [1.165, 1.54) is 5.56 Å². The van der Waals surface area contributed by atoms with Gasteiger partial charge in [-0.25, -0.2) is 0 Å². The molecule has 3 rings (SSSR count). The highest BCUT2D eigenvalue weighted by Gasteiger charge is 2.11. The number of aromatic nitrogens is 1. The summed E-state index contributed by atoms with van der Waals surface area (Å²) < 4.78 is 1.07. The third kappa shape index (κ3) is 2.49. The molecule has 0 N–H and O–H groups in total. The number of thiophene rings is 1. The van der Waals surface area contributed by atoms with Crippen LogP contribution < -0.4 is 0 Å². The zero-order valence-corrected chi connectivity index (χ0v) is 12.3. The Balaban J connectivity index is 1.90. The largest absolute Gasteiger partial charge is 0.294 e. The van der Waals surface area contributed by atoms with E-state index >= 15 is 0 Å². The van der Waals surface area contributed by atoms with Gasteiger partial charge in [0.2, 0.25) is 0 Å². The minimum absolute atomic E-state index is 0.126. The Morgan fingerprint density at radius 2 is 2.05 bits per heavy atom. The Morgan fingerprint density at radius 3 is 2.90 bits per heavy atom. The van der Waals surface area contributed by atoms with E-state index in [-0.39, 0.29) is 5.78 Å². The summed E-state index contributed by atoms with van der Waals surface area (Å²) in [6.07, 6.45) is 2.12. The zero-order valence-electron chi connectivity index (χ0n) is 11.5. The standard InChI is InChI=1S/C17H15NOS/c1-11-3-4-12(2)13(7-11)8-16(19)14-9-17-15(18-10-14)5-6-20-17/h3-7,9-10H,8H2,1-2H3. The molecule has 2 heterocycles. The Kier molecular flexibility index (Phi) is 3.36. The van der Waals surface area contributed by atoms with Crippen LogP contribution in [0.1, 0.15) is 27.0 Å². The summed E-state index contributed by atoms with van der Waals surface area (Å²) in [6.45, 7) is 4.09. The van der Waals surface area contributed by atoms with E-state index in [2.05, 4.69) is 23.2 Å². The van der Waals surface area contributed by atoms with Crippen molar-refractivity contribution in [3.63, 3.8) is 0 Å². The molecule has 0 saturated heterocycles. The van der Waals surface area contributed by atoms with Crippen LogP contribution >= 0.6 is 11.3 Å². The molecule has 2 aromatic heterocycles. The number of pyridine rings is 1. The molecule has 0 fully saturated rings. The second-order valence-corrected chi connectivity index (χ2v) is 6.01. The molecule has 0 bridgehead atoms. The summed E-state index contributed by atoms with van der Waals surface area (Å²) >= 11 is 1.62. The molecule has 20 heavy (non-hydrogen) atoms. The van der Waals surface area contributed by atoms with Gasteiger partial charge in [0, 0.05) is 18.2 Å². The number of ketones is 1. The van der Waals surface area contributed by atoms with Gasteiger partial charge in [-0.3, -0.25) is 9.78 Å². The normalized spacial score (nSPS) is 10.9. The van der Waals surface area contributed by atoms with Gasteiger partial charge >= 0.3 is 0 Å². The van der Waals surface area contributed by atoms with E-state index in [1.54, 1.807) is 17.5 Å². The van der Waals surface area contributed by atoms with Crippen LogP contribution in [0.15, 0.2) is 41.9 Å². The summed E-state index contributed by atoms with van der Waals surface area (Å²) in [5.74, 6) is 0.126. The summed E-state index contributed by atoms with van der Waals surface area (Å²) in [5, 5.41) is 2.00. The Bertz CT molecular complexity index is 789. The van der Waals surface area contributed by atoms with Crippen LogP contribution in [0, 0.1) is 13.8 Å². The van der Waals surface area contributed by atoms with Gasteiger partial charge in [0.15, 0.2) is 5.78 Å². The lowest BCUT2D eigenvalue weighted by Gasteiger charge is -2.06. The first-order valence-corrected chi connectivity index (χ1v) is 7.44. The van der Waals surface area contributed by atoms with E-state index in [4.69, 9.17) is 0 Å².